The molecule has 0 bridgehead atoms. The molecule has 5 heteroatoms. The maximum absolute atomic E-state index is 13.7. The van der Waals surface area contributed by atoms with Crippen LogP contribution in [0.25, 0.3) is 0 Å². The second kappa shape index (κ2) is 5.67. The highest BCUT2D eigenvalue weighted by Crippen LogP contribution is 2.31. The normalized spacial score (nSPS) is 12.0. The zero-order valence-electron chi connectivity index (χ0n) is 10.8. The van der Waals surface area contributed by atoms with Crippen molar-refractivity contribution in [1.29, 1.82) is 0 Å². The highest BCUT2D eigenvalue weighted by molar-refractivity contribution is 5.45. The number of hydrogen-bond acceptors (Lipinski definition) is 4. The van der Waals surface area contributed by atoms with Crippen LogP contribution in [0.3, 0.4) is 0 Å². The van der Waals surface area contributed by atoms with Crippen molar-refractivity contribution in [2.75, 3.05) is 14.2 Å². The van der Waals surface area contributed by atoms with E-state index in [0.717, 1.165) is 11.8 Å². The molecular weight excluding hydrogens is 247 g/mol. The summed E-state index contributed by atoms with van der Waals surface area (Å²) in [4.78, 5) is 3.71. The van der Waals surface area contributed by atoms with E-state index in [9.17, 15) is 4.39 Å². The lowest BCUT2D eigenvalue weighted by atomic mass is 10.00. The van der Waals surface area contributed by atoms with Gasteiger partial charge in [-0.3, -0.25) is 4.98 Å². The number of ether oxygens (including phenoxy) is 2. The monoisotopic (exact) mass is 262 g/mol. The van der Waals surface area contributed by atoms with E-state index in [1.807, 2.05) is 0 Å². The molecule has 2 N–H and O–H groups in total. The van der Waals surface area contributed by atoms with Gasteiger partial charge in [0.2, 0.25) is 0 Å². The molecule has 2 rings (SSSR count). The first-order valence-corrected chi connectivity index (χ1v) is 5.74. The quantitative estimate of drug-likeness (QED) is 0.918. The minimum Gasteiger partial charge on any atom is -0.493 e. The van der Waals surface area contributed by atoms with Crippen molar-refractivity contribution in [2.45, 2.75) is 6.04 Å². The maximum atomic E-state index is 13.7. The van der Waals surface area contributed by atoms with Crippen LogP contribution in [0.1, 0.15) is 17.2 Å². The Morgan fingerprint density at radius 2 is 1.89 bits per heavy atom. The highest BCUT2D eigenvalue weighted by Gasteiger charge is 2.15. The van der Waals surface area contributed by atoms with Gasteiger partial charge in [-0.2, -0.15) is 0 Å². The topological polar surface area (TPSA) is 57.4 Å². The summed E-state index contributed by atoms with van der Waals surface area (Å²) in [5, 5.41) is 0. The second-order valence-electron chi connectivity index (χ2n) is 3.99. The van der Waals surface area contributed by atoms with E-state index >= 15 is 0 Å². The first-order chi connectivity index (χ1) is 9.17. The lowest BCUT2D eigenvalue weighted by Gasteiger charge is -2.15. The molecule has 0 fully saturated rings. The fraction of sp³-hybridized carbons (Fsp3) is 0.214. The minimum atomic E-state index is -0.581. The molecule has 1 aromatic carbocycles. The summed E-state index contributed by atoms with van der Waals surface area (Å²) in [5.74, 6) is 0.739. The zero-order valence-corrected chi connectivity index (χ0v) is 10.8. The number of methoxy groups -OCH3 is 2. The van der Waals surface area contributed by atoms with Crippen molar-refractivity contribution in [1.82, 2.24) is 4.98 Å². The van der Waals surface area contributed by atoms with Crippen molar-refractivity contribution in [2.24, 2.45) is 5.73 Å². The molecule has 0 aliphatic rings. The molecule has 19 heavy (non-hydrogen) atoms. The van der Waals surface area contributed by atoms with Gasteiger partial charge in [-0.15, -0.1) is 0 Å². The SMILES string of the molecule is COc1ccc(C(N)c2ccncc2F)cc1OC. The highest BCUT2D eigenvalue weighted by atomic mass is 19.1. The minimum absolute atomic E-state index is 0.391. The number of pyridine rings is 1. The van der Waals surface area contributed by atoms with Crippen LogP contribution in [0.5, 0.6) is 11.5 Å². The van der Waals surface area contributed by atoms with Crippen LogP contribution in [0.4, 0.5) is 4.39 Å². The first-order valence-electron chi connectivity index (χ1n) is 5.74. The Morgan fingerprint density at radius 1 is 1.16 bits per heavy atom. The number of nitrogens with zero attached hydrogens (tertiary/aromatic N) is 1. The predicted octanol–water partition coefficient (Wildman–Crippen LogP) is 2.29. The summed E-state index contributed by atoms with van der Waals surface area (Å²) in [6.45, 7) is 0. The summed E-state index contributed by atoms with van der Waals surface area (Å²) >= 11 is 0. The van der Waals surface area contributed by atoms with E-state index in [4.69, 9.17) is 15.2 Å². The van der Waals surface area contributed by atoms with Crippen LogP contribution < -0.4 is 15.2 Å². The van der Waals surface area contributed by atoms with Crippen LogP contribution >= 0.6 is 0 Å². The lowest BCUT2D eigenvalue weighted by Crippen LogP contribution is -2.14. The van der Waals surface area contributed by atoms with Crippen molar-refractivity contribution < 1.29 is 13.9 Å². The number of aromatic nitrogens is 1. The zero-order chi connectivity index (χ0) is 13.8. The number of rotatable bonds is 4. The number of nitrogens with two attached hydrogens (primary N) is 1. The summed E-state index contributed by atoms with van der Waals surface area (Å²) in [6, 6.07) is 6.25. The number of benzene rings is 1. The third-order valence-corrected chi connectivity index (χ3v) is 2.91. The van der Waals surface area contributed by atoms with Gasteiger partial charge in [-0.25, -0.2) is 4.39 Å². The summed E-state index contributed by atoms with van der Waals surface area (Å²) < 4.78 is 24.0. The molecule has 1 unspecified atom stereocenters. The molecule has 2 aromatic rings. The molecular formula is C14H15FN2O2. The van der Waals surface area contributed by atoms with Crippen molar-refractivity contribution in [3.05, 3.63) is 53.6 Å². The average Bonchev–Trinajstić information content (AvgIpc) is 2.46. The molecule has 0 amide bonds. The Hall–Kier alpha value is -2.14. The Balaban J connectivity index is 2.39. The molecule has 1 heterocycles. The van der Waals surface area contributed by atoms with E-state index in [0.29, 0.717) is 17.1 Å². The standard InChI is InChI=1S/C14H15FN2O2/c1-18-12-4-3-9(7-13(12)19-2)14(16)10-5-6-17-8-11(10)15/h3-8,14H,16H2,1-2H3. The summed E-state index contributed by atoms with van der Waals surface area (Å²) in [7, 11) is 3.10. The number of halogens is 1. The molecule has 100 valence electrons. The van der Waals surface area contributed by atoms with Gasteiger partial charge in [0.05, 0.1) is 26.5 Å². The van der Waals surface area contributed by atoms with Crippen molar-refractivity contribution in [3.63, 3.8) is 0 Å². The van der Waals surface area contributed by atoms with E-state index in [1.165, 1.54) is 6.20 Å². The molecule has 0 radical (unpaired) electrons. The molecule has 0 saturated heterocycles. The van der Waals surface area contributed by atoms with Crippen molar-refractivity contribution in [3.8, 4) is 11.5 Å². The molecule has 0 aliphatic carbocycles. The van der Waals surface area contributed by atoms with Gasteiger partial charge < -0.3 is 15.2 Å². The van der Waals surface area contributed by atoms with Crippen LogP contribution in [-0.2, 0) is 0 Å². The summed E-state index contributed by atoms with van der Waals surface area (Å²) in [5.41, 5.74) is 7.20. The second-order valence-corrected chi connectivity index (χ2v) is 3.99. The molecule has 4 nitrogen and oxygen atoms in total. The van der Waals surface area contributed by atoms with Crippen LogP contribution in [-0.4, -0.2) is 19.2 Å². The Kier molecular flexibility index (Phi) is 3.97. The van der Waals surface area contributed by atoms with Gasteiger partial charge in [-0.05, 0) is 23.8 Å². The number of hydrogen-bond donors (Lipinski definition) is 1. The van der Waals surface area contributed by atoms with E-state index in [-0.39, 0.29) is 0 Å². The maximum Gasteiger partial charge on any atom is 0.161 e. The molecule has 0 aliphatic heterocycles. The fourth-order valence-corrected chi connectivity index (χ4v) is 1.86. The lowest BCUT2D eigenvalue weighted by molar-refractivity contribution is 0.354. The Morgan fingerprint density at radius 3 is 2.53 bits per heavy atom. The fourth-order valence-electron chi connectivity index (χ4n) is 1.86. The third-order valence-electron chi connectivity index (χ3n) is 2.91. The van der Waals surface area contributed by atoms with Gasteiger partial charge >= 0.3 is 0 Å². The van der Waals surface area contributed by atoms with Gasteiger partial charge in [0.1, 0.15) is 5.82 Å². The van der Waals surface area contributed by atoms with Crippen LogP contribution in [0.15, 0.2) is 36.7 Å². The van der Waals surface area contributed by atoms with E-state index < -0.39 is 11.9 Å². The van der Waals surface area contributed by atoms with Crippen molar-refractivity contribution >= 4 is 0 Å². The molecule has 1 aromatic heterocycles. The molecule has 1 atom stereocenters. The van der Waals surface area contributed by atoms with Crippen LogP contribution in [0.2, 0.25) is 0 Å². The Bertz CT molecular complexity index is 575. The van der Waals surface area contributed by atoms with Gasteiger partial charge in [0.15, 0.2) is 11.5 Å². The van der Waals surface area contributed by atoms with Crippen LogP contribution in [0, 0.1) is 5.82 Å². The van der Waals surface area contributed by atoms with E-state index in [1.54, 1.807) is 38.5 Å². The largest absolute Gasteiger partial charge is 0.493 e. The van der Waals surface area contributed by atoms with Gasteiger partial charge in [-0.1, -0.05) is 6.07 Å². The average molecular weight is 262 g/mol. The van der Waals surface area contributed by atoms with Gasteiger partial charge in [0.25, 0.3) is 0 Å². The predicted molar refractivity (Wildman–Crippen MR) is 69.8 cm³/mol. The molecule has 0 spiro atoms. The Labute approximate surface area is 111 Å². The third kappa shape index (κ3) is 2.66. The van der Waals surface area contributed by atoms with E-state index in [2.05, 4.69) is 4.98 Å². The summed E-state index contributed by atoms with van der Waals surface area (Å²) in [6.07, 6.45) is 2.66. The van der Waals surface area contributed by atoms with Gasteiger partial charge in [0, 0.05) is 11.8 Å². The first kappa shape index (κ1) is 13.3. The molecule has 0 saturated carbocycles. The smallest absolute Gasteiger partial charge is 0.161 e.